The number of aliphatic hydroxyl groups is 1. The molecular formula is C27H36FN3O2. The van der Waals surface area contributed by atoms with Gasteiger partial charge in [0.1, 0.15) is 12.2 Å². The molecule has 6 rings (SSSR count). The van der Waals surface area contributed by atoms with E-state index in [0.717, 1.165) is 49.4 Å². The number of fused-ring (bicyclic) bond motifs is 6. The Balaban J connectivity index is 1.22. The molecule has 33 heavy (non-hydrogen) atoms. The Morgan fingerprint density at radius 1 is 1.12 bits per heavy atom. The lowest BCUT2D eigenvalue weighted by Crippen LogP contribution is -2.58. The van der Waals surface area contributed by atoms with Crippen molar-refractivity contribution in [2.75, 3.05) is 0 Å². The Hall–Kier alpha value is -1.82. The van der Waals surface area contributed by atoms with Crippen LogP contribution >= 0.6 is 0 Å². The van der Waals surface area contributed by atoms with Crippen molar-refractivity contribution in [3.63, 3.8) is 0 Å². The number of alkyl halides is 1. The second-order valence-electron chi connectivity index (χ2n) is 12.2. The van der Waals surface area contributed by atoms with Crippen molar-refractivity contribution >= 4 is 16.7 Å². The normalized spacial score (nSPS) is 44.8. The van der Waals surface area contributed by atoms with Gasteiger partial charge in [-0.2, -0.15) is 5.10 Å². The van der Waals surface area contributed by atoms with Gasteiger partial charge >= 0.3 is 0 Å². The Labute approximate surface area is 195 Å². The molecule has 2 heterocycles. The van der Waals surface area contributed by atoms with E-state index in [1.165, 1.54) is 0 Å². The van der Waals surface area contributed by atoms with Crippen molar-refractivity contribution in [3.8, 4) is 0 Å². The quantitative estimate of drug-likeness (QED) is 0.701. The minimum absolute atomic E-state index is 0.00704. The fourth-order valence-electron chi connectivity index (χ4n) is 8.81. The highest BCUT2D eigenvalue weighted by Crippen LogP contribution is 2.66. The standard InChI is InChI=1S/C27H36FN3O2/c1-25(33)10-11-27(28)18(13-25)3-4-19-20-5-6-22(26(20,2)9-7-21(19)27)24(32)16-31-23-15-29-12-8-17(23)14-30-31/h8,12,14-15,18-22,33H,3-7,9-11,13,16H2,1-2H3/t18-,19+,20+,21+,22-,25-,26+,27-/m1/s1. The average Bonchev–Trinajstić information content (AvgIpc) is 3.35. The van der Waals surface area contributed by atoms with Gasteiger partial charge in [0.15, 0.2) is 5.78 Å². The van der Waals surface area contributed by atoms with E-state index in [-0.39, 0.29) is 29.0 Å². The first-order valence-electron chi connectivity index (χ1n) is 12.9. The first-order chi connectivity index (χ1) is 15.7. The van der Waals surface area contributed by atoms with Crippen molar-refractivity contribution in [1.29, 1.82) is 0 Å². The third-order valence-corrected chi connectivity index (χ3v) is 10.5. The highest BCUT2D eigenvalue weighted by Gasteiger charge is 2.63. The molecule has 0 saturated heterocycles. The van der Waals surface area contributed by atoms with E-state index in [4.69, 9.17) is 0 Å². The number of hydrogen-bond acceptors (Lipinski definition) is 4. The van der Waals surface area contributed by atoms with Crippen molar-refractivity contribution in [1.82, 2.24) is 14.8 Å². The number of Topliss-reactive ketones (excluding diaryl/α,β-unsaturated/α-hetero) is 1. The van der Waals surface area contributed by atoms with Gasteiger partial charge < -0.3 is 5.11 Å². The number of carbonyl (C=O) groups is 1. The van der Waals surface area contributed by atoms with Crippen LogP contribution in [0.5, 0.6) is 0 Å². The number of ketones is 1. The lowest BCUT2D eigenvalue weighted by Gasteiger charge is -2.59. The Kier molecular flexibility index (Phi) is 4.82. The molecule has 0 spiro atoms. The topological polar surface area (TPSA) is 68.0 Å². The van der Waals surface area contributed by atoms with Gasteiger partial charge in [-0.15, -0.1) is 0 Å². The fourth-order valence-corrected chi connectivity index (χ4v) is 8.81. The van der Waals surface area contributed by atoms with Crippen molar-refractivity contribution in [2.45, 2.75) is 89.4 Å². The lowest BCUT2D eigenvalue weighted by atomic mass is 9.48. The van der Waals surface area contributed by atoms with Gasteiger partial charge in [-0.25, -0.2) is 4.39 Å². The molecule has 2 aromatic heterocycles. The lowest BCUT2D eigenvalue weighted by molar-refractivity contribution is -0.165. The second-order valence-corrected chi connectivity index (χ2v) is 12.2. The van der Waals surface area contributed by atoms with Crippen molar-refractivity contribution in [2.24, 2.45) is 35.0 Å². The zero-order valence-electron chi connectivity index (χ0n) is 19.8. The highest BCUT2D eigenvalue weighted by molar-refractivity contribution is 5.84. The molecule has 0 aliphatic heterocycles. The molecule has 4 aliphatic carbocycles. The van der Waals surface area contributed by atoms with Crippen LogP contribution in [0.15, 0.2) is 24.7 Å². The molecule has 4 fully saturated rings. The summed E-state index contributed by atoms with van der Waals surface area (Å²) in [5, 5.41) is 16.0. The van der Waals surface area contributed by atoms with Gasteiger partial charge in [0.2, 0.25) is 0 Å². The van der Waals surface area contributed by atoms with Crippen LogP contribution in [0.25, 0.3) is 10.9 Å². The van der Waals surface area contributed by atoms with Crippen LogP contribution < -0.4 is 0 Å². The summed E-state index contributed by atoms with van der Waals surface area (Å²) < 4.78 is 18.3. The molecule has 0 unspecified atom stereocenters. The molecule has 0 aromatic carbocycles. The summed E-state index contributed by atoms with van der Waals surface area (Å²) in [5.74, 6) is 1.19. The number of hydrogen-bond donors (Lipinski definition) is 1. The van der Waals surface area contributed by atoms with Gasteiger partial charge in [-0.05, 0) is 99.9 Å². The summed E-state index contributed by atoms with van der Waals surface area (Å²) in [6.07, 6.45) is 12.7. The van der Waals surface area contributed by atoms with Gasteiger partial charge in [0.25, 0.3) is 0 Å². The molecule has 1 N–H and O–H groups in total. The van der Waals surface area contributed by atoms with E-state index in [1.807, 2.05) is 13.0 Å². The fraction of sp³-hybridized carbons (Fsp3) is 0.741. The number of carbonyl (C=O) groups excluding carboxylic acids is 1. The third kappa shape index (κ3) is 3.23. The molecule has 2 aromatic rings. The van der Waals surface area contributed by atoms with Gasteiger partial charge in [-0.3, -0.25) is 14.5 Å². The maximum atomic E-state index is 16.5. The van der Waals surface area contributed by atoms with Crippen LogP contribution in [0.4, 0.5) is 4.39 Å². The molecule has 4 aliphatic rings. The smallest absolute Gasteiger partial charge is 0.157 e. The largest absolute Gasteiger partial charge is 0.390 e. The molecule has 0 radical (unpaired) electrons. The number of rotatable bonds is 3. The van der Waals surface area contributed by atoms with Crippen LogP contribution in [0, 0.1) is 35.0 Å². The average molecular weight is 454 g/mol. The van der Waals surface area contributed by atoms with Crippen LogP contribution in [-0.4, -0.2) is 36.9 Å². The zero-order valence-corrected chi connectivity index (χ0v) is 19.8. The van der Waals surface area contributed by atoms with Gasteiger partial charge in [0.05, 0.1) is 23.5 Å². The van der Waals surface area contributed by atoms with Crippen LogP contribution in [0.3, 0.4) is 0 Å². The molecular weight excluding hydrogens is 417 g/mol. The Bertz CT molecular complexity index is 1080. The predicted octanol–water partition coefficient (Wildman–Crippen LogP) is 5.11. The van der Waals surface area contributed by atoms with Gasteiger partial charge in [0, 0.05) is 17.5 Å². The minimum Gasteiger partial charge on any atom is -0.390 e. The number of nitrogens with zero attached hydrogens (tertiary/aromatic N) is 3. The Morgan fingerprint density at radius 3 is 2.82 bits per heavy atom. The summed E-state index contributed by atoms with van der Waals surface area (Å²) in [5.41, 5.74) is -0.980. The monoisotopic (exact) mass is 453 g/mol. The summed E-state index contributed by atoms with van der Waals surface area (Å²) in [7, 11) is 0. The molecule has 6 heteroatoms. The molecule has 0 amide bonds. The third-order valence-electron chi connectivity index (χ3n) is 10.5. The molecule has 8 atom stereocenters. The van der Waals surface area contributed by atoms with E-state index >= 15 is 4.39 Å². The first kappa shape index (κ1) is 21.7. The first-order valence-corrected chi connectivity index (χ1v) is 12.9. The van der Waals surface area contributed by atoms with Gasteiger partial charge in [-0.1, -0.05) is 6.92 Å². The van der Waals surface area contributed by atoms with Crippen molar-refractivity contribution < 1.29 is 14.3 Å². The van der Waals surface area contributed by atoms with E-state index in [1.54, 1.807) is 23.3 Å². The summed E-state index contributed by atoms with van der Waals surface area (Å²) >= 11 is 0. The second kappa shape index (κ2) is 7.34. The van der Waals surface area contributed by atoms with E-state index in [2.05, 4.69) is 17.0 Å². The SMILES string of the molecule is C[C@@]1(O)CC[C@@]2(F)[C@H](CC[C@H]3[C@@H]4CC[C@H](C(=O)Cn5ncc6ccncc65)[C@@]4(C)CC[C@@H]32)C1. The van der Waals surface area contributed by atoms with Crippen LogP contribution in [0.1, 0.15) is 71.6 Å². The molecule has 0 bridgehead atoms. The molecule has 5 nitrogen and oxygen atoms in total. The molecule has 4 saturated carbocycles. The minimum atomic E-state index is -1.13. The van der Waals surface area contributed by atoms with E-state index in [9.17, 15) is 9.90 Å². The maximum Gasteiger partial charge on any atom is 0.157 e. The summed E-state index contributed by atoms with van der Waals surface area (Å²) in [4.78, 5) is 17.8. The van der Waals surface area contributed by atoms with E-state index < -0.39 is 11.3 Å². The van der Waals surface area contributed by atoms with Crippen LogP contribution in [-0.2, 0) is 11.3 Å². The Morgan fingerprint density at radius 2 is 1.97 bits per heavy atom. The summed E-state index contributed by atoms with van der Waals surface area (Å²) in [6.45, 7) is 4.48. The number of halogens is 1. The highest BCUT2D eigenvalue weighted by atomic mass is 19.1. The number of aromatic nitrogens is 3. The zero-order chi connectivity index (χ0) is 23.0. The van der Waals surface area contributed by atoms with Crippen LogP contribution in [0.2, 0.25) is 0 Å². The predicted molar refractivity (Wildman–Crippen MR) is 124 cm³/mol. The van der Waals surface area contributed by atoms with Crippen molar-refractivity contribution in [3.05, 3.63) is 24.7 Å². The maximum absolute atomic E-state index is 16.5. The summed E-state index contributed by atoms with van der Waals surface area (Å²) in [6, 6.07) is 1.92. The molecule has 178 valence electrons. The van der Waals surface area contributed by atoms with E-state index in [0.29, 0.717) is 37.6 Å². The number of pyridine rings is 1.